The number of carbonyl (C=O) groups excluding carboxylic acids is 2. The first-order valence-corrected chi connectivity index (χ1v) is 7.45. The van der Waals surface area contributed by atoms with Crippen LogP contribution >= 0.6 is 0 Å². The summed E-state index contributed by atoms with van der Waals surface area (Å²) in [6, 6.07) is 4.69. The van der Waals surface area contributed by atoms with Crippen molar-refractivity contribution in [2.75, 3.05) is 19.8 Å². The number of non-ortho nitro benzene ring substituents is 1. The van der Waals surface area contributed by atoms with Crippen LogP contribution in [-0.2, 0) is 23.8 Å². The number of nitrogens with zero attached hydrogens (tertiary/aromatic N) is 2. The zero-order valence-corrected chi connectivity index (χ0v) is 14.1. The van der Waals surface area contributed by atoms with E-state index >= 15 is 0 Å². The van der Waals surface area contributed by atoms with Gasteiger partial charge in [-0.2, -0.15) is 0 Å². The van der Waals surface area contributed by atoms with Crippen LogP contribution in [0.15, 0.2) is 24.3 Å². The number of ether oxygens (including phenoxy) is 4. The summed E-state index contributed by atoms with van der Waals surface area (Å²) >= 11 is 0. The van der Waals surface area contributed by atoms with Crippen LogP contribution in [-0.4, -0.2) is 48.2 Å². The number of hydrogen-bond acceptors (Lipinski definition) is 11. The van der Waals surface area contributed by atoms with Gasteiger partial charge >= 0.3 is 12.1 Å². The fourth-order valence-electron chi connectivity index (χ4n) is 1.59. The maximum Gasteiger partial charge on any atom is 0.516 e. The van der Waals surface area contributed by atoms with E-state index in [9.17, 15) is 29.8 Å². The Morgan fingerprint density at radius 3 is 2.30 bits per heavy atom. The second-order valence-electron chi connectivity index (χ2n) is 4.70. The third kappa shape index (κ3) is 9.54. The average molecular weight is 388 g/mol. The molecule has 0 saturated heterocycles. The molecule has 0 bridgehead atoms. The molecule has 1 unspecified atom stereocenters. The van der Waals surface area contributed by atoms with E-state index < -0.39 is 28.4 Å². The monoisotopic (exact) mass is 388 g/mol. The number of nitro groups is 1. The maximum absolute atomic E-state index is 11.5. The molecule has 0 saturated carbocycles. The van der Waals surface area contributed by atoms with Crippen LogP contribution in [0.4, 0.5) is 10.5 Å². The number of benzene rings is 1. The number of carbonyl (C=O) groups is 2. The molecular weight excluding hydrogens is 372 g/mol. The Morgan fingerprint density at radius 1 is 1.04 bits per heavy atom. The summed E-state index contributed by atoms with van der Waals surface area (Å²) in [6.07, 6.45) is -2.60. The summed E-state index contributed by atoms with van der Waals surface area (Å²) < 4.78 is 19.2. The van der Waals surface area contributed by atoms with Crippen LogP contribution in [0, 0.1) is 20.2 Å². The van der Waals surface area contributed by atoms with Crippen LogP contribution in [0.1, 0.15) is 13.3 Å². The number of nitro benzene ring substituents is 1. The summed E-state index contributed by atoms with van der Waals surface area (Å²) in [5.41, 5.74) is -0.176. The molecule has 0 spiro atoms. The first-order valence-electron chi connectivity index (χ1n) is 7.45. The van der Waals surface area contributed by atoms with Crippen molar-refractivity contribution in [1.82, 2.24) is 0 Å². The highest BCUT2D eigenvalue weighted by Crippen LogP contribution is 2.17. The van der Waals surface area contributed by atoms with Crippen molar-refractivity contribution in [2.24, 2.45) is 0 Å². The van der Waals surface area contributed by atoms with Crippen molar-refractivity contribution in [3.63, 3.8) is 0 Å². The summed E-state index contributed by atoms with van der Waals surface area (Å²) in [5.74, 6) is -0.727. The zero-order valence-electron chi connectivity index (χ0n) is 14.1. The molecule has 0 aliphatic heterocycles. The van der Waals surface area contributed by atoms with Crippen molar-refractivity contribution in [3.05, 3.63) is 44.5 Å². The number of rotatable bonds is 11. The van der Waals surface area contributed by atoms with Crippen molar-refractivity contribution in [2.45, 2.75) is 19.6 Å². The molecule has 1 atom stereocenters. The van der Waals surface area contributed by atoms with Gasteiger partial charge in [0.05, 0.1) is 24.6 Å². The molecule has 1 aromatic carbocycles. The lowest BCUT2D eigenvalue weighted by atomic mass is 10.3. The van der Waals surface area contributed by atoms with E-state index in [4.69, 9.17) is 18.9 Å². The van der Waals surface area contributed by atoms with Crippen molar-refractivity contribution in [3.8, 4) is 5.75 Å². The predicted molar refractivity (Wildman–Crippen MR) is 84.1 cm³/mol. The molecule has 0 fully saturated rings. The standard InChI is InChI=1S/C14H16N2O11/c1-10(25-13(17)6-7-23-8-9-24-16(21)22)26-14(18)27-12-4-2-11(3-5-12)15(19)20/h2-5,10H,6-9H2,1H3. The SMILES string of the molecule is CC(OC(=O)CCOCCO[N+](=O)[O-])OC(=O)Oc1ccc([N+](=O)[O-])cc1. The molecule has 0 N–H and O–H groups in total. The molecule has 0 amide bonds. The van der Waals surface area contributed by atoms with E-state index in [1.165, 1.54) is 19.1 Å². The van der Waals surface area contributed by atoms with Gasteiger partial charge in [-0.3, -0.25) is 14.9 Å². The van der Waals surface area contributed by atoms with Gasteiger partial charge in [-0.05, 0) is 12.1 Å². The minimum atomic E-state index is -1.25. The van der Waals surface area contributed by atoms with E-state index in [1.54, 1.807) is 0 Å². The normalized spacial score (nSPS) is 11.1. The van der Waals surface area contributed by atoms with Crippen molar-refractivity contribution in [1.29, 1.82) is 0 Å². The van der Waals surface area contributed by atoms with Gasteiger partial charge in [0.2, 0.25) is 6.29 Å². The first kappa shape index (κ1) is 21.6. The lowest BCUT2D eigenvalue weighted by molar-refractivity contribution is -0.758. The Morgan fingerprint density at radius 2 is 1.70 bits per heavy atom. The van der Waals surface area contributed by atoms with Gasteiger partial charge < -0.3 is 23.8 Å². The molecule has 13 nitrogen and oxygen atoms in total. The fourth-order valence-corrected chi connectivity index (χ4v) is 1.59. The molecule has 0 radical (unpaired) electrons. The lowest BCUT2D eigenvalue weighted by Gasteiger charge is -2.13. The predicted octanol–water partition coefficient (Wildman–Crippen LogP) is 1.61. The summed E-state index contributed by atoms with van der Waals surface area (Å²) in [4.78, 5) is 46.8. The molecule has 1 aromatic rings. The molecule has 0 aromatic heterocycles. The summed E-state index contributed by atoms with van der Waals surface area (Å²) in [7, 11) is 0. The van der Waals surface area contributed by atoms with Crippen LogP contribution in [0.3, 0.4) is 0 Å². The number of esters is 1. The van der Waals surface area contributed by atoms with Gasteiger partial charge in [0.1, 0.15) is 12.4 Å². The number of hydrogen-bond donors (Lipinski definition) is 0. The minimum absolute atomic E-state index is 0.00877. The lowest BCUT2D eigenvalue weighted by Crippen LogP contribution is -2.24. The first-order chi connectivity index (χ1) is 12.8. The molecule has 0 aliphatic rings. The Labute approximate surface area is 152 Å². The van der Waals surface area contributed by atoms with Crippen LogP contribution in [0.5, 0.6) is 5.75 Å². The summed E-state index contributed by atoms with van der Waals surface area (Å²) in [6.45, 7) is 0.860. The highest BCUT2D eigenvalue weighted by Gasteiger charge is 2.16. The largest absolute Gasteiger partial charge is 0.516 e. The van der Waals surface area contributed by atoms with Gasteiger partial charge in [-0.1, -0.05) is 0 Å². The zero-order chi connectivity index (χ0) is 20.2. The van der Waals surface area contributed by atoms with Crippen LogP contribution < -0.4 is 4.74 Å². The van der Waals surface area contributed by atoms with Gasteiger partial charge in [0.15, 0.2) is 0 Å². The maximum atomic E-state index is 11.5. The van der Waals surface area contributed by atoms with Gasteiger partial charge in [0, 0.05) is 19.1 Å². The second-order valence-corrected chi connectivity index (χ2v) is 4.70. The van der Waals surface area contributed by atoms with Gasteiger partial charge in [-0.25, -0.2) is 4.79 Å². The molecule has 0 aliphatic carbocycles. The topological polar surface area (TPSA) is 167 Å². The Bertz CT molecular complexity index is 662. The van der Waals surface area contributed by atoms with Crippen LogP contribution in [0.25, 0.3) is 0 Å². The second kappa shape index (κ2) is 11.2. The Hall–Kier alpha value is -3.48. The minimum Gasteiger partial charge on any atom is -0.425 e. The smallest absolute Gasteiger partial charge is 0.425 e. The van der Waals surface area contributed by atoms with E-state index in [0.29, 0.717) is 0 Å². The van der Waals surface area contributed by atoms with Gasteiger partial charge in [0.25, 0.3) is 10.8 Å². The van der Waals surface area contributed by atoms with Crippen molar-refractivity contribution < 1.29 is 43.4 Å². The third-order valence-corrected chi connectivity index (χ3v) is 2.68. The van der Waals surface area contributed by atoms with E-state index in [0.717, 1.165) is 12.1 Å². The van der Waals surface area contributed by atoms with Gasteiger partial charge in [-0.15, -0.1) is 10.1 Å². The molecule has 27 heavy (non-hydrogen) atoms. The summed E-state index contributed by atoms with van der Waals surface area (Å²) in [5, 5.41) is 19.4. The van der Waals surface area contributed by atoms with Crippen LogP contribution in [0.2, 0.25) is 0 Å². The molecule has 13 heteroatoms. The Kier molecular flexibility index (Phi) is 8.94. The van der Waals surface area contributed by atoms with E-state index in [2.05, 4.69) is 4.84 Å². The third-order valence-electron chi connectivity index (χ3n) is 2.68. The van der Waals surface area contributed by atoms with E-state index in [-0.39, 0.29) is 37.7 Å². The Balaban J connectivity index is 2.23. The highest BCUT2D eigenvalue weighted by molar-refractivity contribution is 5.70. The molecular formula is C14H16N2O11. The highest BCUT2D eigenvalue weighted by atomic mass is 17.0. The van der Waals surface area contributed by atoms with E-state index in [1.807, 2.05) is 0 Å². The molecule has 1 rings (SSSR count). The average Bonchev–Trinajstić information content (AvgIpc) is 2.57. The van der Waals surface area contributed by atoms with Crippen molar-refractivity contribution >= 4 is 17.8 Å². The molecule has 0 heterocycles. The fraction of sp³-hybridized carbons (Fsp3) is 0.429. The quantitative estimate of drug-likeness (QED) is 0.135. The molecule has 148 valence electrons.